The minimum Gasteiger partial charge on any atom is -0.396 e. The number of hydrogen-bond acceptors (Lipinski definition) is 3. The Hall–Kier alpha value is -2.49. The second kappa shape index (κ2) is 4.79. The SMILES string of the molecule is Cc1ccccc1Nc1cccc(C(N)=O)c1N. The summed E-state index contributed by atoms with van der Waals surface area (Å²) in [7, 11) is 0. The van der Waals surface area contributed by atoms with E-state index in [4.69, 9.17) is 11.5 Å². The average molecular weight is 241 g/mol. The number of primary amides is 1. The van der Waals surface area contributed by atoms with Gasteiger partial charge in [0.15, 0.2) is 0 Å². The van der Waals surface area contributed by atoms with Crippen molar-refractivity contribution in [2.75, 3.05) is 11.1 Å². The molecule has 0 aliphatic carbocycles. The van der Waals surface area contributed by atoms with Crippen LogP contribution in [0.5, 0.6) is 0 Å². The number of rotatable bonds is 3. The molecule has 0 aromatic heterocycles. The Morgan fingerprint density at radius 2 is 1.72 bits per heavy atom. The van der Waals surface area contributed by atoms with Crippen LogP contribution in [0.4, 0.5) is 17.1 Å². The van der Waals surface area contributed by atoms with Crippen LogP contribution in [0.2, 0.25) is 0 Å². The van der Waals surface area contributed by atoms with Crippen molar-refractivity contribution in [1.82, 2.24) is 0 Å². The van der Waals surface area contributed by atoms with Gasteiger partial charge in [0.1, 0.15) is 0 Å². The van der Waals surface area contributed by atoms with E-state index in [0.29, 0.717) is 16.9 Å². The summed E-state index contributed by atoms with van der Waals surface area (Å²) in [5.41, 5.74) is 14.6. The minimum atomic E-state index is -0.527. The number of nitrogens with two attached hydrogens (primary N) is 2. The zero-order valence-electron chi connectivity index (χ0n) is 10.1. The van der Waals surface area contributed by atoms with Gasteiger partial charge in [-0.1, -0.05) is 24.3 Å². The Bertz CT molecular complexity index is 593. The molecule has 5 N–H and O–H groups in total. The highest BCUT2D eigenvalue weighted by molar-refractivity contribution is 6.01. The van der Waals surface area contributed by atoms with E-state index in [-0.39, 0.29) is 0 Å². The number of aryl methyl sites for hydroxylation is 1. The average Bonchev–Trinajstić information content (AvgIpc) is 2.34. The van der Waals surface area contributed by atoms with Crippen molar-refractivity contribution in [2.45, 2.75) is 6.92 Å². The smallest absolute Gasteiger partial charge is 0.250 e. The molecule has 0 saturated heterocycles. The summed E-state index contributed by atoms with van der Waals surface area (Å²) in [5.74, 6) is -0.527. The summed E-state index contributed by atoms with van der Waals surface area (Å²) in [6.07, 6.45) is 0. The van der Waals surface area contributed by atoms with Gasteiger partial charge in [-0.2, -0.15) is 0 Å². The lowest BCUT2D eigenvalue weighted by Gasteiger charge is -2.13. The van der Waals surface area contributed by atoms with Crippen LogP contribution in [-0.4, -0.2) is 5.91 Å². The first kappa shape index (κ1) is 12.0. The van der Waals surface area contributed by atoms with Crippen LogP contribution in [0.3, 0.4) is 0 Å². The van der Waals surface area contributed by atoms with Gasteiger partial charge in [-0.15, -0.1) is 0 Å². The highest BCUT2D eigenvalue weighted by Crippen LogP contribution is 2.27. The van der Waals surface area contributed by atoms with Crippen molar-refractivity contribution < 1.29 is 4.79 Å². The maximum Gasteiger partial charge on any atom is 0.250 e. The molecule has 0 atom stereocenters. The van der Waals surface area contributed by atoms with Crippen LogP contribution >= 0.6 is 0 Å². The highest BCUT2D eigenvalue weighted by atomic mass is 16.1. The van der Waals surface area contributed by atoms with E-state index in [2.05, 4.69) is 5.32 Å². The summed E-state index contributed by atoms with van der Waals surface area (Å²) >= 11 is 0. The summed E-state index contributed by atoms with van der Waals surface area (Å²) in [4.78, 5) is 11.2. The van der Waals surface area contributed by atoms with Crippen LogP contribution in [-0.2, 0) is 0 Å². The topological polar surface area (TPSA) is 81.1 Å². The molecule has 0 aliphatic heterocycles. The lowest BCUT2D eigenvalue weighted by Crippen LogP contribution is -2.14. The van der Waals surface area contributed by atoms with Crippen molar-refractivity contribution in [3.63, 3.8) is 0 Å². The molecule has 0 saturated carbocycles. The number of hydrogen-bond donors (Lipinski definition) is 3. The summed E-state index contributed by atoms with van der Waals surface area (Å²) in [5, 5.41) is 3.20. The Balaban J connectivity index is 2.39. The molecule has 0 spiro atoms. The highest BCUT2D eigenvalue weighted by Gasteiger charge is 2.09. The van der Waals surface area contributed by atoms with E-state index in [1.165, 1.54) is 0 Å². The van der Waals surface area contributed by atoms with E-state index in [9.17, 15) is 4.79 Å². The third-order valence-corrected chi connectivity index (χ3v) is 2.79. The molecule has 0 heterocycles. The molecule has 0 fully saturated rings. The monoisotopic (exact) mass is 241 g/mol. The van der Waals surface area contributed by atoms with Crippen LogP contribution in [0.15, 0.2) is 42.5 Å². The van der Waals surface area contributed by atoms with Gasteiger partial charge in [-0.3, -0.25) is 4.79 Å². The van der Waals surface area contributed by atoms with Crippen molar-refractivity contribution in [3.8, 4) is 0 Å². The molecular weight excluding hydrogens is 226 g/mol. The number of carbonyl (C=O) groups excluding carboxylic acids is 1. The first-order valence-corrected chi connectivity index (χ1v) is 5.60. The molecule has 4 nitrogen and oxygen atoms in total. The van der Waals surface area contributed by atoms with Crippen molar-refractivity contribution in [3.05, 3.63) is 53.6 Å². The number of benzene rings is 2. The second-order valence-electron chi connectivity index (χ2n) is 4.07. The maximum absolute atomic E-state index is 11.2. The minimum absolute atomic E-state index is 0.327. The Kier molecular flexibility index (Phi) is 3.19. The first-order valence-electron chi connectivity index (χ1n) is 5.60. The van der Waals surface area contributed by atoms with Gasteiger partial charge in [0.2, 0.25) is 0 Å². The molecule has 18 heavy (non-hydrogen) atoms. The van der Waals surface area contributed by atoms with Gasteiger partial charge in [0.05, 0.1) is 16.9 Å². The van der Waals surface area contributed by atoms with Crippen LogP contribution in [0.1, 0.15) is 15.9 Å². The molecule has 0 radical (unpaired) electrons. The van der Waals surface area contributed by atoms with E-state index in [0.717, 1.165) is 11.3 Å². The van der Waals surface area contributed by atoms with Gasteiger partial charge in [0, 0.05) is 5.69 Å². The van der Waals surface area contributed by atoms with Crippen molar-refractivity contribution in [2.24, 2.45) is 5.73 Å². The molecule has 92 valence electrons. The van der Waals surface area contributed by atoms with Crippen LogP contribution < -0.4 is 16.8 Å². The number of carbonyl (C=O) groups is 1. The lowest BCUT2D eigenvalue weighted by atomic mass is 10.1. The van der Waals surface area contributed by atoms with Gasteiger partial charge < -0.3 is 16.8 Å². The molecule has 0 aliphatic rings. The van der Waals surface area contributed by atoms with Crippen LogP contribution in [0.25, 0.3) is 0 Å². The predicted octanol–water partition coefficient (Wildman–Crippen LogP) is 2.42. The molecule has 2 aromatic rings. The maximum atomic E-state index is 11.2. The number of nitrogen functional groups attached to an aromatic ring is 1. The van der Waals surface area contributed by atoms with Crippen LogP contribution in [0, 0.1) is 6.92 Å². The molecule has 1 amide bonds. The van der Waals surface area contributed by atoms with Gasteiger partial charge in [0.25, 0.3) is 5.91 Å². The number of anilines is 3. The zero-order chi connectivity index (χ0) is 13.1. The fourth-order valence-corrected chi connectivity index (χ4v) is 1.75. The standard InChI is InChI=1S/C14H15N3O/c1-9-5-2-3-7-11(9)17-12-8-4-6-10(13(12)15)14(16)18/h2-8,17H,15H2,1H3,(H2,16,18). The number of nitrogens with one attached hydrogen (secondary N) is 1. The third-order valence-electron chi connectivity index (χ3n) is 2.79. The quantitative estimate of drug-likeness (QED) is 0.722. The van der Waals surface area contributed by atoms with Gasteiger partial charge in [-0.25, -0.2) is 0 Å². The fourth-order valence-electron chi connectivity index (χ4n) is 1.75. The van der Waals surface area contributed by atoms with E-state index >= 15 is 0 Å². The van der Waals surface area contributed by atoms with E-state index < -0.39 is 5.91 Å². The Morgan fingerprint density at radius 1 is 1.06 bits per heavy atom. The van der Waals surface area contributed by atoms with Crippen molar-refractivity contribution >= 4 is 23.0 Å². The summed E-state index contributed by atoms with van der Waals surface area (Å²) in [6.45, 7) is 2.00. The summed E-state index contributed by atoms with van der Waals surface area (Å²) < 4.78 is 0. The molecule has 0 bridgehead atoms. The Labute approximate surface area is 106 Å². The molecule has 2 aromatic carbocycles. The lowest BCUT2D eigenvalue weighted by molar-refractivity contribution is 0.100. The summed E-state index contributed by atoms with van der Waals surface area (Å²) in [6, 6.07) is 13.0. The van der Waals surface area contributed by atoms with Gasteiger partial charge >= 0.3 is 0 Å². The Morgan fingerprint density at radius 3 is 2.39 bits per heavy atom. The number of amides is 1. The van der Waals surface area contributed by atoms with Gasteiger partial charge in [-0.05, 0) is 30.7 Å². The zero-order valence-corrected chi connectivity index (χ0v) is 10.1. The third kappa shape index (κ3) is 2.27. The second-order valence-corrected chi connectivity index (χ2v) is 4.07. The molecule has 4 heteroatoms. The van der Waals surface area contributed by atoms with E-state index in [1.807, 2.05) is 37.3 Å². The predicted molar refractivity (Wildman–Crippen MR) is 73.8 cm³/mol. The molecule has 2 rings (SSSR count). The number of para-hydroxylation sites is 2. The molecule has 0 unspecified atom stereocenters. The first-order chi connectivity index (χ1) is 8.59. The normalized spacial score (nSPS) is 10.1. The van der Waals surface area contributed by atoms with E-state index in [1.54, 1.807) is 12.1 Å². The fraction of sp³-hybridized carbons (Fsp3) is 0.0714. The van der Waals surface area contributed by atoms with Crippen molar-refractivity contribution in [1.29, 1.82) is 0 Å². The molecular formula is C14H15N3O. The largest absolute Gasteiger partial charge is 0.396 e.